The number of hydrogen-bond donors (Lipinski definition) is 2. The molecule has 10 heteroatoms. The summed E-state index contributed by atoms with van der Waals surface area (Å²) in [6, 6.07) is 12.8. The predicted octanol–water partition coefficient (Wildman–Crippen LogP) is 2.71. The lowest BCUT2D eigenvalue weighted by molar-refractivity contribution is -0.184. The number of amides is 5. The molecule has 0 radical (unpaired) electrons. The highest BCUT2D eigenvalue weighted by Crippen LogP contribution is 2.42. The Morgan fingerprint density at radius 1 is 1.12 bits per heavy atom. The molecule has 0 spiro atoms. The fraction of sp³-hybridized carbons (Fsp3) is 0.182. The van der Waals surface area contributed by atoms with E-state index in [0.29, 0.717) is 11.3 Å². The van der Waals surface area contributed by atoms with E-state index >= 15 is 0 Å². The number of carbonyl (C=O) groups excluding carboxylic acids is 3. The third kappa shape index (κ3) is 3.67. The second-order valence-electron chi connectivity index (χ2n) is 7.09. The Morgan fingerprint density at radius 2 is 1.81 bits per heavy atom. The number of nitrogens with zero attached hydrogens (tertiary/aromatic N) is 3. The van der Waals surface area contributed by atoms with Gasteiger partial charge in [-0.1, -0.05) is 42.5 Å². The molecule has 2 aliphatic rings. The van der Waals surface area contributed by atoms with Crippen molar-refractivity contribution in [3.63, 3.8) is 0 Å². The van der Waals surface area contributed by atoms with Crippen LogP contribution in [0.1, 0.15) is 28.9 Å². The number of imide groups is 1. The number of rotatable bonds is 5. The zero-order chi connectivity index (χ0) is 22.8. The predicted molar refractivity (Wildman–Crippen MR) is 112 cm³/mol. The summed E-state index contributed by atoms with van der Waals surface area (Å²) < 4.78 is 0. The van der Waals surface area contributed by atoms with Crippen LogP contribution in [-0.2, 0) is 9.63 Å². The summed E-state index contributed by atoms with van der Waals surface area (Å²) in [5.41, 5.74) is 1.26. The second-order valence-corrected chi connectivity index (χ2v) is 7.09. The molecule has 2 heterocycles. The first-order chi connectivity index (χ1) is 15.4. The van der Waals surface area contributed by atoms with Crippen molar-refractivity contribution in [2.45, 2.75) is 19.1 Å². The van der Waals surface area contributed by atoms with Gasteiger partial charge in [0.1, 0.15) is 6.04 Å². The highest BCUT2D eigenvalue weighted by atomic mass is 16.7. The molecule has 2 unspecified atom stereocenters. The molecule has 2 aromatic carbocycles. The molecule has 2 N–H and O–H groups in total. The van der Waals surface area contributed by atoms with Crippen molar-refractivity contribution in [1.29, 1.82) is 0 Å². The first-order valence-electron chi connectivity index (χ1n) is 9.84. The summed E-state index contributed by atoms with van der Waals surface area (Å²) in [5.74, 6) is -1.88. The highest BCUT2D eigenvalue weighted by Gasteiger charge is 2.50. The van der Waals surface area contributed by atoms with Gasteiger partial charge in [0.2, 0.25) is 6.10 Å². The fourth-order valence-corrected chi connectivity index (χ4v) is 3.66. The minimum Gasteiger partial charge on any atom is -0.479 e. The maximum absolute atomic E-state index is 13.1. The van der Waals surface area contributed by atoms with Gasteiger partial charge in [-0.3, -0.25) is 10.1 Å². The molecule has 4 rings (SSSR count). The summed E-state index contributed by atoms with van der Waals surface area (Å²) in [4.78, 5) is 55.6. The van der Waals surface area contributed by atoms with Crippen molar-refractivity contribution in [2.75, 3.05) is 11.6 Å². The van der Waals surface area contributed by atoms with Gasteiger partial charge in [-0.05, 0) is 31.2 Å². The van der Waals surface area contributed by atoms with Crippen LogP contribution in [0.25, 0.3) is 0 Å². The van der Waals surface area contributed by atoms with Crippen LogP contribution in [0.15, 0.2) is 66.7 Å². The molecule has 2 atom stereocenters. The van der Waals surface area contributed by atoms with Crippen LogP contribution in [0.5, 0.6) is 0 Å². The molecular formula is C22H20N4O6. The zero-order valence-corrected chi connectivity index (χ0v) is 17.0. The van der Waals surface area contributed by atoms with Crippen molar-refractivity contribution in [1.82, 2.24) is 15.4 Å². The van der Waals surface area contributed by atoms with Crippen molar-refractivity contribution in [3.05, 3.63) is 77.9 Å². The Kier molecular flexibility index (Phi) is 5.61. The molecule has 1 fully saturated rings. The lowest BCUT2D eigenvalue weighted by Gasteiger charge is -2.34. The van der Waals surface area contributed by atoms with Crippen molar-refractivity contribution >= 4 is 29.6 Å². The average Bonchev–Trinajstić information content (AvgIpc) is 3.06. The molecule has 0 aliphatic carbocycles. The van der Waals surface area contributed by atoms with Gasteiger partial charge in [0.25, 0.3) is 5.91 Å². The molecule has 2 aromatic rings. The third-order valence-electron chi connectivity index (χ3n) is 5.09. The Balaban J connectivity index is 1.64. The number of hydrazine groups is 1. The number of aliphatic carboxylic acids is 1. The van der Waals surface area contributed by atoms with E-state index < -0.39 is 36.1 Å². The normalized spacial score (nSPS) is 18.0. The van der Waals surface area contributed by atoms with Gasteiger partial charge in [-0.15, -0.1) is 0 Å². The van der Waals surface area contributed by atoms with Gasteiger partial charge in [-0.25, -0.2) is 24.2 Å². The van der Waals surface area contributed by atoms with Gasteiger partial charge >= 0.3 is 18.0 Å². The number of hydroxylamine groups is 2. The molecule has 32 heavy (non-hydrogen) atoms. The standard InChI is InChI=1S/C22H20N4O6/c1-2-8-18(20(28)29)32-26-17-13-24(22(26)31)25(16-12-7-6-11-15(16)17)21(30)23-19(27)14-9-4-3-5-10-14/h2-12,17-18H,13H2,1H3,(H,28,29)(H,23,27,30). The highest BCUT2D eigenvalue weighted by molar-refractivity contribution is 6.10. The van der Waals surface area contributed by atoms with Gasteiger partial charge in [-0.2, -0.15) is 10.1 Å². The first kappa shape index (κ1) is 21.1. The second kappa shape index (κ2) is 8.52. The number of carbonyl (C=O) groups is 4. The largest absolute Gasteiger partial charge is 0.479 e. The summed E-state index contributed by atoms with van der Waals surface area (Å²) in [6.07, 6.45) is 1.44. The minimum absolute atomic E-state index is 0.0466. The Labute approximate surface area is 183 Å². The Morgan fingerprint density at radius 3 is 2.50 bits per heavy atom. The number of urea groups is 2. The molecule has 0 saturated carbocycles. The minimum atomic E-state index is -1.38. The van der Waals surface area contributed by atoms with E-state index in [4.69, 9.17) is 4.84 Å². The third-order valence-corrected chi connectivity index (χ3v) is 5.09. The van der Waals surface area contributed by atoms with Crippen LogP contribution in [0.4, 0.5) is 15.3 Å². The van der Waals surface area contributed by atoms with Crippen LogP contribution >= 0.6 is 0 Å². The van der Waals surface area contributed by atoms with Crippen LogP contribution in [0.2, 0.25) is 0 Å². The van der Waals surface area contributed by atoms with Gasteiger partial charge < -0.3 is 5.11 Å². The number of para-hydroxylation sites is 1. The SMILES string of the molecule is CC=CC(ON1C(=O)N2CC1c1ccccc1N2C(=O)NC(=O)c1ccccc1)C(=O)O. The number of carboxylic acids is 1. The van der Waals surface area contributed by atoms with E-state index in [0.717, 1.165) is 15.1 Å². The number of hydrogen-bond acceptors (Lipinski definition) is 5. The van der Waals surface area contributed by atoms with Crippen LogP contribution in [-0.4, -0.2) is 51.8 Å². The number of anilines is 1. The molecule has 2 aliphatic heterocycles. The van der Waals surface area contributed by atoms with E-state index in [1.54, 1.807) is 61.5 Å². The monoisotopic (exact) mass is 436 g/mol. The van der Waals surface area contributed by atoms with E-state index in [1.165, 1.54) is 12.2 Å². The van der Waals surface area contributed by atoms with E-state index in [-0.39, 0.29) is 12.1 Å². The molecule has 164 valence electrons. The lowest BCUT2D eigenvalue weighted by atomic mass is 10.0. The fourth-order valence-electron chi connectivity index (χ4n) is 3.66. The van der Waals surface area contributed by atoms with Crippen molar-refractivity contribution in [3.8, 4) is 0 Å². The topological polar surface area (TPSA) is 119 Å². The van der Waals surface area contributed by atoms with Crippen LogP contribution in [0.3, 0.4) is 0 Å². The maximum atomic E-state index is 13.1. The molecule has 0 aromatic heterocycles. The van der Waals surface area contributed by atoms with E-state index in [2.05, 4.69) is 5.32 Å². The van der Waals surface area contributed by atoms with Gasteiger partial charge in [0, 0.05) is 11.1 Å². The lowest BCUT2D eigenvalue weighted by Crippen LogP contribution is -2.54. The number of carboxylic acid groups (broad SMARTS) is 1. The number of nitrogens with one attached hydrogen (secondary N) is 1. The van der Waals surface area contributed by atoms with Crippen molar-refractivity contribution < 1.29 is 29.1 Å². The summed E-state index contributed by atoms with van der Waals surface area (Å²) in [6.45, 7) is 1.68. The smallest absolute Gasteiger partial charge is 0.363 e. The molecule has 2 bridgehead atoms. The molecule has 1 saturated heterocycles. The first-order valence-corrected chi connectivity index (χ1v) is 9.84. The number of allylic oxidation sites excluding steroid dienone is 1. The summed E-state index contributed by atoms with van der Waals surface area (Å²) >= 11 is 0. The van der Waals surface area contributed by atoms with E-state index in [1.807, 2.05) is 0 Å². The van der Waals surface area contributed by atoms with Crippen LogP contribution < -0.4 is 10.3 Å². The van der Waals surface area contributed by atoms with E-state index in [9.17, 15) is 24.3 Å². The molecular weight excluding hydrogens is 416 g/mol. The molecule has 5 amide bonds. The number of fused-ring (bicyclic) bond motifs is 4. The van der Waals surface area contributed by atoms with Crippen LogP contribution in [0, 0.1) is 0 Å². The summed E-state index contributed by atoms with van der Waals surface area (Å²) in [7, 11) is 0. The van der Waals surface area contributed by atoms with Crippen molar-refractivity contribution in [2.24, 2.45) is 0 Å². The number of benzene rings is 2. The van der Waals surface area contributed by atoms with Gasteiger partial charge in [0.05, 0.1) is 12.2 Å². The van der Waals surface area contributed by atoms with Gasteiger partial charge in [0.15, 0.2) is 0 Å². The quantitative estimate of drug-likeness (QED) is 0.696. The summed E-state index contributed by atoms with van der Waals surface area (Å²) in [5, 5.41) is 14.8. The Hall–Kier alpha value is -4.18. The average molecular weight is 436 g/mol. The Bertz CT molecular complexity index is 1100. The molecule has 10 nitrogen and oxygen atoms in total. The zero-order valence-electron chi connectivity index (χ0n) is 17.0. The maximum Gasteiger partial charge on any atom is 0.363 e.